The highest BCUT2D eigenvalue weighted by molar-refractivity contribution is 5.97. The first-order valence-corrected chi connectivity index (χ1v) is 7.62. The smallest absolute Gasteiger partial charge is 0.268 e. The first-order chi connectivity index (χ1) is 12.0. The van der Waals surface area contributed by atoms with E-state index in [-0.39, 0.29) is 0 Å². The van der Waals surface area contributed by atoms with E-state index in [1.54, 1.807) is 36.7 Å². The third kappa shape index (κ3) is 5.23. The fourth-order valence-corrected chi connectivity index (χ4v) is 2.11. The van der Waals surface area contributed by atoms with E-state index in [2.05, 4.69) is 10.3 Å². The van der Waals surface area contributed by atoms with E-state index < -0.39 is 24.0 Å². The largest absolute Gasteiger partial charge is 0.391 e. The van der Waals surface area contributed by atoms with E-state index in [9.17, 15) is 14.7 Å². The summed E-state index contributed by atoms with van der Waals surface area (Å²) in [5, 5.41) is 20.6. The number of amides is 2. The molecule has 0 aliphatic rings. The summed E-state index contributed by atoms with van der Waals surface area (Å²) in [7, 11) is 0. The van der Waals surface area contributed by atoms with E-state index in [0.29, 0.717) is 5.56 Å². The Hall–Kier alpha value is -3.03. The molecule has 2 atom stereocenters. The average Bonchev–Trinajstić information content (AvgIpc) is 2.64. The summed E-state index contributed by atoms with van der Waals surface area (Å²) in [6.45, 7) is 1.34. The number of rotatable bonds is 6. The molecule has 25 heavy (non-hydrogen) atoms. The lowest BCUT2D eigenvalue weighted by Gasteiger charge is -2.19. The molecular formula is C18H19N3O4. The van der Waals surface area contributed by atoms with E-state index in [1.165, 1.54) is 12.4 Å². The lowest BCUT2D eigenvalue weighted by molar-refractivity contribution is -0.133. The van der Waals surface area contributed by atoms with Gasteiger partial charge >= 0.3 is 0 Å². The van der Waals surface area contributed by atoms with E-state index in [4.69, 9.17) is 5.21 Å². The van der Waals surface area contributed by atoms with Gasteiger partial charge in [-0.15, -0.1) is 0 Å². The van der Waals surface area contributed by atoms with Crippen LogP contribution in [0.1, 0.15) is 28.4 Å². The molecule has 0 aliphatic heterocycles. The summed E-state index contributed by atoms with van der Waals surface area (Å²) in [6, 6.07) is 9.24. The van der Waals surface area contributed by atoms with Gasteiger partial charge < -0.3 is 10.4 Å². The van der Waals surface area contributed by atoms with Crippen LogP contribution in [0.25, 0.3) is 12.2 Å². The number of aliphatic hydroxyl groups excluding tert-OH is 1. The molecule has 1 aromatic carbocycles. The summed E-state index contributed by atoms with van der Waals surface area (Å²) in [6.07, 6.45) is 6.07. The van der Waals surface area contributed by atoms with Crippen molar-refractivity contribution in [2.24, 2.45) is 0 Å². The standard InChI is InChI=1S/C18H19N3O4/c1-12(22)16(18(24)21-25)20-17(23)15-6-4-13(5-7-15)2-3-14-8-10-19-11-9-14/h2-12,16,22,25H,1H3,(H,20,23)(H,21,24)/b3-2+/t12-,16+/m1/s1. The summed E-state index contributed by atoms with van der Waals surface area (Å²) < 4.78 is 0. The molecule has 0 spiro atoms. The molecule has 1 heterocycles. The minimum Gasteiger partial charge on any atom is -0.391 e. The molecule has 0 unspecified atom stereocenters. The second-order valence-electron chi connectivity index (χ2n) is 5.40. The van der Waals surface area contributed by atoms with Crippen molar-refractivity contribution in [1.82, 2.24) is 15.8 Å². The van der Waals surface area contributed by atoms with Crippen molar-refractivity contribution in [3.63, 3.8) is 0 Å². The number of benzene rings is 1. The summed E-state index contributed by atoms with van der Waals surface area (Å²) >= 11 is 0. The number of hydrogen-bond donors (Lipinski definition) is 4. The molecule has 0 saturated heterocycles. The van der Waals surface area contributed by atoms with Crippen LogP contribution in [0.15, 0.2) is 48.8 Å². The van der Waals surface area contributed by atoms with Gasteiger partial charge in [0.15, 0.2) is 0 Å². The second kappa shape index (κ2) is 8.72. The molecule has 0 bridgehead atoms. The monoisotopic (exact) mass is 341 g/mol. The number of aliphatic hydroxyl groups is 1. The zero-order valence-electron chi connectivity index (χ0n) is 13.6. The molecular weight excluding hydrogens is 322 g/mol. The number of hydrogen-bond acceptors (Lipinski definition) is 5. The number of nitrogens with one attached hydrogen (secondary N) is 2. The Bertz CT molecular complexity index is 743. The molecule has 0 fully saturated rings. The van der Waals surface area contributed by atoms with Crippen LogP contribution in [0.5, 0.6) is 0 Å². The molecule has 2 aromatic rings. The van der Waals surface area contributed by atoms with Crippen LogP contribution in [0.3, 0.4) is 0 Å². The fourth-order valence-electron chi connectivity index (χ4n) is 2.11. The van der Waals surface area contributed by atoms with Crippen LogP contribution in [-0.4, -0.2) is 39.3 Å². The molecule has 130 valence electrons. The van der Waals surface area contributed by atoms with E-state index in [1.807, 2.05) is 24.3 Å². The predicted octanol–water partition coefficient (Wildman–Crippen LogP) is 1.24. The zero-order chi connectivity index (χ0) is 18.2. The van der Waals surface area contributed by atoms with Crippen molar-refractivity contribution in [3.05, 3.63) is 65.5 Å². The Kier molecular flexibility index (Phi) is 6.39. The maximum atomic E-state index is 12.2. The number of pyridine rings is 1. The molecule has 7 heteroatoms. The maximum Gasteiger partial charge on any atom is 0.268 e. The third-order valence-electron chi connectivity index (χ3n) is 3.51. The van der Waals surface area contributed by atoms with E-state index in [0.717, 1.165) is 11.1 Å². The van der Waals surface area contributed by atoms with Crippen LogP contribution < -0.4 is 10.8 Å². The fraction of sp³-hybridized carbons (Fsp3) is 0.167. The number of aromatic nitrogens is 1. The average molecular weight is 341 g/mol. The van der Waals surface area contributed by atoms with Crippen molar-refractivity contribution in [3.8, 4) is 0 Å². The lowest BCUT2D eigenvalue weighted by Crippen LogP contribution is -2.51. The summed E-state index contributed by atoms with van der Waals surface area (Å²) in [5.41, 5.74) is 3.65. The highest BCUT2D eigenvalue weighted by atomic mass is 16.5. The van der Waals surface area contributed by atoms with Crippen LogP contribution in [0.2, 0.25) is 0 Å². The summed E-state index contributed by atoms with van der Waals surface area (Å²) in [4.78, 5) is 27.6. The molecule has 4 N–H and O–H groups in total. The third-order valence-corrected chi connectivity index (χ3v) is 3.51. The SMILES string of the molecule is C[C@@H](O)[C@H](NC(=O)c1ccc(/C=C/c2ccncc2)cc1)C(=O)NO. The van der Waals surface area contributed by atoms with Gasteiger partial charge in [-0.05, 0) is 42.3 Å². The van der Waals surface area contributed by atoms with Crippen LogP contribution in [0, 0.1) is 0 Å². The lowest BCUT2D eigenvalue weighted by atomic mass is 10.1. The van der Waals surface area contributed by atoms with E-state index >= 15 is 0 Å². The molecule has 0 radical (unpaired) electrons. The Morgan fingerprint density at radius 2 is 1.60 bits per heavy atom. The quantitative estimate of drug-likeness (QED) is 0.466. The number of hydroxylamine groups is 1. The highest BCUT2D eigenvalue weighted by Crippen LogP contribution is 2.10. The molecule has 0 saturated carbocycles. The first-order valence-electron chi connectivity index (χ1n) is 7.62. The predicted molar refractivity (Wildman–Crippen MR) is 92.5 cm³/mol. The molecule has 2 rings (SSSR count). The normalized spacial score (nSPS) is 13.2. The molecule has 7 nitrogen and oxygen atoms in total. The zero-order valence-corrected chi connectivity index (χ0v) is 13.6. The van der Waals surface area contributed by atoms with Gasteiger partial charge in [0, 0.05) is 18.0 Å². The van der Waals surface area contributed by atoms with Gasteiger partial charge in [0.2, 0.25) is 0 Å². The Balaban J connectivity index is 2.04. The Morgan fingerprint density at radius 3 is 2.12 bits per heavy atom. The van der Waals surface area contributed by atoms with Crippen molar-refractivity contribution in [2.45, 2.75) is 19.1 Å². The van der Waals surface area contributed by atoms with Gasteiger partial charge in [-0.2, -0.15) is 0 Å². The van der Waals surface area contributed by atoms with Gasteiger partial charge in [-0.25, -0.2) is 5.48 Å². The van der Waals surface area contributed by atoms with Crippen LogP contribution in [0.4, 0.5) is 0 Å². The highest BCUT2D eigenvalue weighted by Gasteiger charge is 2.25. The topological polar surface area (TPSA) is 112 Å². The van der Waals surface area contributed by atoms with Crippen molar-refractivity contribution in [1.29, 1.82) is 0 Å². The van der Waals surface area contributed by atoms with Crippen LogP contribution >= 0.6 is 0 Å². The maximum absolute atomic E-state index is 12.2. The Morgan fingerprint density at radius 1 is 1.04 bits per heavy atom. The Labute approximate surface area is 145 Å². The van der Waals surface area contributed by atoms with Gasteiger partial charge in [0.1, 0.15) is 6.04 Å². The first kappa shape index (κ1) is 18.3. The van der Waals surface area contributed by atoms with Crippen molar-refractivity contribution >= 4 is 24.0 Å². The summed E-state index contributed by atoms with van der Waals surface area (Å²) in [5.74, 6) is -1.42. The second-order valence-corrected chi connectivity index (χ2v) is 5.40. The number of carbonyl (C=O) groups excluding carboxylic acids is 2. The number of nitrogens with zero attached hydrogens (tertiary/aromatic N) is 1. The van der Waals surface area contributed by atoms with Crippen molar-refractivity contribution < 1.29 is 19.9 Å². The van der Waals surface area contributed by atoms with Gasteiger partial charge in [-0.1, -0.05) is 24.3 Å². The minimum atomic E-state index is -1.25. The van der Waals surface area contributed by atoms with Gasteiger partial charge in [0.05, 0.1) is 6.10 Å². The minimum absolute atomic E-state index is 0.331. The molecule has 1 aromatic heterocycles. The number of carbonyl (C=O) groups is 2. The van der Waals surface area contributed by atoms with Gasteiger partial charge in [0.25, 0.3) is 11.8 Å². The molecule has 2 amide bonds. The van der Waals surface area contributed by atoms with Crippen LogP contribution in [-0.2, 0) is 4.79 Å². The molecule has 0 aliphatic carbocycles. The van der Waals surface area contributed by atoms with Gasteiger partial charge in [-0.3, -0.25) is 19.8 Å². The van der Waals surface area contributed by atoms with Crippen molar-refractivity contribution in [2.75, 3.05) is 0 Å².